The zero-order valence-electron chi connectivity index (χ0n) is 17.1. The molecule has 1 aromatic carbocycles. The lowest BCUT2D eigenvalue weighted by Gasteiger charge is -2.21. The smallest absolute Gasteiger partial charge is 0.327 e. The molecule has 158 valence electrons. The average molecular weight is 405 g/mol. The first-order valence-corrected chi connectivity index (χ1v) is 9.48. The number of urea groups is 1. The molecule has 9 nitrogen and oxygen atoms in total. The van der Waals surface area contributed by atoms with E-state index < -0.39 is 42.0 Å². The Bertz CT molecular complexity index is 779. The Kier molecular flexibility index (Phi) is 7.19. The molecule has 0 bridgehead atoms. The molecule has 0 aromatic heterocycles. The fraction of sp³-hybridized carbons (Fsp3) is 0.500. The van der Waals surface area contributed by atoms with Crippen LogP contribution in [0.3, 0.4) is 0 Å². The summed E-state index contributed by atoms with van der Waals surface area (Å²) in [4.78, 5) is 49.9. The molecule has 0 spiro atoms. The number of rotatable bonds is 9. The normalized spacial score (nSPS) is 19.5. The van der Waals surface area contributed by atoms with Crippen LogP contribution in [0.4, 0.5) is 10.5 Å². The van der Waals surface area contributed by atoms with Crippen LogP contribution in [0.2, 0.25) is 0 Å². The number of carbonyl (C=O) groups excluding carboxylic acids is 4. The van der Waals surface area contributed by atoms with Crippen molar-refractivity contribution >= 4 is 29.5 Å². The van der Waals surface area contributed by atoms with E-state index in [0.29, 0.717) is 17.9 Å². The van der Waals surface area contributed by atoms with E-state index in [-0.39, 0.29) is 0 Å². The van der Waals surface area contributed by atoms with Crippen molar-refractivity contribution in [3.05, 3.63) is 24.3 Å². The Balaban J connectivity index is 1.89. The maximum absolute atomic E-state index is 12.5. The van der Waals surface area contributed by atoms with Crippen molar-refractivity contribution in [3.63, 3.8) is 0 Å². The fourth-order valence-electron chi connectivity index (χ4n) is 2.93. The highest BCUT2D eigenvalue weighted by Gasteiger charge is 2.48. The summed E-state index contributed by atoms with van der Waals surface area (Å²) in [7, 11) is 1.53. The van der Waals surface area contributed by atoms with Crippen molar-refractivity contribution in [1.29, 1.82) is 0 Å². The molecule has 0 unspecified atom stereocenters. The average Bonchev–Trinajstić information content (AvgIpc) is 2.90. The Labute approximate surface area is 169 Å². The van der Waals surface area contributed by atoms with Gasteiger partial charge in [-0.25, -0.2) is 4.79 Å². The van der Waals surface area contributed by atoms with Gasteiger partial charge in [0, 0.05) is 5.69 Å². The largest absolute Gasteiger partial charge is 0.497 e. The first kappa shape index (κ1) is 22.2. The summed E-state index contributed by atoms with van der Waals surface area (Å²) in [5, 5.41) is 5.24. The first-order valence-electron chi connectivity index (χ1n) is 9.48. The van der Waals surface area contributed by atoms with Crippen molar-refractivity contribution in [2.24, 2.45) is 0 Å². The lowest BCUT2D eigenvalue weighted by molar-refractivity contribution is -0.155. The van der Waals surface area contributed by atoms with Gasteiger partial charge < -0.3 is 20.1 Å². The number of amides is 4. The van der Waals surface area contributed by atoms with E-state index in [1.165, 1.54) is 14.0 Å². The Morgan fingerprint density at radius 2 is 1.90 bits per heavy atom. The van der Waals surface area contributed by atoms with Crippen LogP contribution in [-0.2, 0) is 19.1 Å². The molecule has 9 heteroatoms. The van der Waals surface area contributed by atoms with Gasteiger partial charge in [0.2, 0.25) is 0 Å². The molecule has 1 aliphatic rings. The summed E-state index contributed by atoms with van der Waals surface area (Å²) in [6.07, 6.45) is 1.03. The minimum atomic E-state index is -1.10. The number of benzene rings is 1. The molecule has 1 aliphatic heterocycles. The van der Waals surface area contributed by atoms with Crippen molar-refractivity contribution in [2.75, 3.05) is 19.0 Å². The molecule has 2 rings (SSSR count). The molecule has 0 saturated carbocycles. The van der Waals surface area contributed by atoms with E-state index in [2.05, 4.69) is 10.6 Å². The number of hydrogen-bond acceptors (Lipinski definition) is 6. The van der Waals surface area contributed by atoms with Gasteiger partial charge in [0.1, 0.15) is 17.8 Å². The summed E-state index contributed by atoms with van der Waals surface area (Å²) >= 11 is 0. The van der Waals surface area contributed by atoms with Crippen LogP contribution < -0.4 is 15.4 Å². The predicted octanol–water partition coefficient (Wildman–Crippen LogP) is 2.07. The summed E-state index contributed by atoms with van der Waals surface area (Å²) in [6, 6.07) is 6.02. The lowest BCUT2D eigenvalue weighted by atomic mass is 9.95. The van der Waals surface area contributed by atoms with Gasteiger partial charge in [-0.1, -0.05) is 19.8 Å². The predicted molar refractivity (Wildman–Crippen MR) is 105 cm³/mol. The van der Waals surface area contributed by atoms with Crippen LogP contribution in [0.25, 0.3) is 0 Å². The third kappa shape index (κ3) is 5.46. The van der Waals surface area contributed by atoms with E-state index in [1.807, 2.05) is 6.92 Å². The van der Waals surface area contributed by atoms with Crippen molar-refractivity contribution in [3.8, 4) is 5.75 Å². The zero-order chi connectivity index (χ0) is 21.6. The second kappa shape index (κ2) is 9.40. The topological polar surface area (TPSA) is 114 Å². The molecule has 0 radical (unpaired) electrons. The molecule has 0 aliphatic carbocycles. The second-order valence-electron chi connectivity index (χ2n) is 7.11. The quantitative estimate of drug-likeness (QED) is 0.480. The highest BCUT2D eigenvalue weighted by molar-refractivity contribution is 6.08. The van der Waals surface area contributed by atoms with Crippen molar-refractivity contribution in [1.82, 2.24) is 10.2 Å². The number of nitrogens with zero attached hydrogens (tertiary/aromatic N) is 1. The van der Waals surface area contributed by atoms with E-state index in [4.69, 9.17) is 9.47 Å². The zero-order valence-corrected chi connectivity index (χ0v) is 17.1. The van der Waals surface area contributed by atoms with Gasteiger partial charge in [0.05, 0.1) is 7.11 Å². The van der Waals surface area contributed by atoms with Gasteiger partial charge in [-0.3, -0.25) is 19.3 Å². The van der Waals surface area contributed by atoms with Crippen LogP contribution in [0.5, 0.6) is 5.75 Å². The monoisotopic (exact) mass is 405 g/mol. The number of anilines is 1. The van der Waals surface area contributed by atoms with E-state index in [0.717, 1.165) is 17.7 Å². The fourth-order valence-corrected chi connectivity index (χ4v) is 2.93. The molecule has 1 fully saturated rings. The Hall–Kier alpha value is -3.10. The van der Waals surface area contributed by atoms with Gasteiger partial charge in [0.15, 0.2) is 6.10 Å². The third-order valence-corrected chi connectivity index (χ3v) is 4.70. The van der Waals surface area contributed by atoms with Crippen molar-refractivity contribution < 1.29 is 28.7 Å². The van der Waals surface area contributed by atoms with Gasteiger partial charge in [-0.15, -0.1) is 0 Å². The minimum Gasteiger partial charge on any atom is -0.497 e. The summed E-state index contributed by atoms with van der Waals surface area (Å²) in [6.45, 7) is 4.48. The number of hydrogen-bond donors (Lipinski definition) is 2. The minimum absolute atomic E-state index is 0.469. The highest BCUT2D eigenvalue weighted by Crippen LogP contribution is 2.23. The number of methoxy groups -OCH3 is 1. The highest BCUT2D eigenvalue weighted by atomic mass is 16.5. The van der Waals surface area contributed by atoms with Crippen LogP contribution in [-0.4, -0.2) is 54.0 Å². The molecule has 1 aromatic rings. The van der Waals surface area contributed by atoms with Gasteiger partial charge >= 0.3 is 12.0 Å². The van der Waals surface area contributed by atoms with E-state index in [1.54, 1.807) is 31.2 Å². The van der Waals surface area contributed by atoms with Gasteiger partial charge in [-0.2, -0.15) is 0 Å². The molecule has 29 heavy (non-hydrogen) atoms. The van der Waals surface area contributed by atoms with Gasteiger partial charge in [-0.05, 0) is 44.5 Å². The molecule has 2 N–H and O–H groups in total. The molecule has 4 amide bonds. The Morgan fingerprint density at radius 3 is 2.48 bits per heavy atom. The number of unbranched alkanes of at least 4 members (excludes halogenated alkanes) is 1. The number of esters is 1. The molecular weight excluding hydrogens is 378 g/mol. The molecular formula is C20H27N3O6. The van der Waals surface area contributed by atoms with Crippen LogP contribution in [0.1, 0.15) is 40.0 Å². The number of nitrogens with one attached hydrogen (secondary N) is 2. The van der Waals surface area contributed by atoms with Crippen LogP contribution >= 0.6 is 0 Å². The standard InChI is InChI=1S/C20H27N3O6/c1-5-6-11-20(3)18(26)23(19(27)22-20)12-16(24)29-13(2)17(25)21-14-7-9-15(28-4)10-8-14/h7-10,13H,5-6,11-12H2,1-4H3,(H,21,25)(H,22,27)/t13-,20+/m1/s1. The van der Waals surface area contributed by atoms with Gasteiger partial charge in [0.25, 0.3) is 11.8 Å². The summed E-state index contributed by atoms with van der Waals surface area (Å²) in [5.41, 5.74) is -0.510. The SMILES string of the molecule is CCCC[C@]1(C)NC(=O)N(CC(=O)O[C@H](C)C(=O)Nc2ccc(OC)cc2)C1=O. The van der Waals surface area contributed by atoms with E-state index in [9.17, 15) is 19.2 Å². The first-order chi connectivity index (χ1) is 13.7. The summed E-state index contributed by atoms with van der Waals surface area (Å²) in [5.74, 6) is -1.20. The summed E-state index contributed by atoms with van der Waals surface area (Å²) < 4.78 is 10.1. The number of imide groups is 1. The van der Waals surface area contributed by atoms with Crippen LogP contribution in [0, 0.1) is 0 Å². The number of carbonyl (C=O) groups is 4. The van der Waals surface area contributed by atoms with E-state index >= 15 is 0 Å². The molecule has 1 saturated heterocycles. The maximum Gasteiger partial charge on any atom is 0.327 e. The number of ether oxygens (including phenoxy) is 2. The Morgan fingerprint density at radius 1 is 1.24 bits per heavy atom. The molecule has 1 heterocycles. The van der Waals surface area contributed by atoms with Crippen LogP contribution in [0.15, 0.2) is 24.3 Å². The second-order valence-corrected chi connectivity index (χ2v) is 7.11. The maximum atomic E-state index is 12.5. The van der Waals surface area contributed by atoms with Crippen molar-refractivity contribution in [2.45, 2.75) is 51.7 Å². The molecule has 2 atom stereocenters. The lowest BCUT2D eigenvalue weighted by Crippen LogP contribution is -2.44. The third-order valence-electron chi connectivity index (χ3n) is 4.70.